The Bertz CT molecular complexity index is 40.3. The van der Waals surface area contributed by atoms with Gasteiger partial charge in [-0.2, -0.15) is 0 Å². The zero-order chi connectivity index (χ0) is 3.58. The number of hydrogen-bond donors (Lipinski definition) is 2. The van der Waals surface area contributed by atoms with Crippen molar-refractivity contribution in [1.82, 2.24) is 0 Å². The fraction of sp³-hybridized carbons (Fsp3) is 0. The van der Waals surface area contributed by atoms with Crippen LogP contribution in [0.3, 0.4) is 0 Å². The van der Waals surface area contributed by atoms with Crippen molar-refractivity contribution in [3.63, 3.8) is 0 Å². The molecule has 0 aromatic heterocycles. The van der Waals surface area contributed by atoms with Crippen molar-refractivity contribution < 1.29 is 14.1 Å². The zero-order valence-electron chi connectivity index (χ0n) is 2.51. The summed E-state index contributed by atoms with van der Waals surface area (Å²) in [7, 11) is -3.13. The Morgan fingerprint density at radius 1 is 1.12 bits per heavy atom. The summed E-state index contributed by atoms with van der Waals surface area (Å²) >= 11 is 0. The summed E-state index contributed by atoms with van der Waals surface area (Å²) in [4.78, 5) is 14.3. The maximum atomic E-state index is 8.74. The van der Waals surface area contributed by atoms with Crippen LogP contribution in [-0.2, 0) is 4.46 Å². The zero-order valence-corrected chi connectivity index (χ0v) is 9.01. The summed E-state index contributed by atoms with van der Waals surface area (Å²) < 4.78 is 8.74. The van der Waals surface area contributed by atoms with Gasteiger partial charge < -0.3 is 9.59 Å². The molecule has 0 aliphatic heterocycles. The van der Waals surface area contributed by atoms with Gasteiger partial charge in [-0.1, -0.05) is 0 Å². The molecule has 0 heterocycles. The monoisotopic (exact) mass is 372 g/mol. The smallest absolute Gasteiger partial charge is 0.316 e. The topological polar surface area (TPSA) is 57.5 Å². The van der Waals surface area contributed by atoms with Crippen LogP contribution in [0.25, 0.3) is 0 Å². The van der Waals surface area contributed by atoms with Crippen molar-refractivity contribution in [3.8, 4) is 0 Å². The molecule has 0 saturated heterocycles. The summed E-state index contributed by atoms with van der Waals surface area (Å²) in [5.74, 6) is 0. The van der Waals surface area contributed by atoms with Crippen LogP contribution >= 0.6 is 0 Å². The van der Waals surface area contributed by atoms with Gasteiger partial charge in [-0.25, -0.2) is 0 Å². The third kappa shape index (κ3) is 74.5. The average Bonchev–Trinajstić information content (AvgIpc) is 0.811. The van der Waals surface area contributed by atoms with Crippen LogP contribution in [0.4, 0.5) is 0 Å². The van der Waals surface area contributed by atoms with E-state index in [1.54, 1.807) is 0 Å². The molecule has 8 heteroatoms. The minimum absolute atomic E-state index is 0. The molecule has 46 valence electrons. The van der Waals surface area contributed by atoms with E-state index in [0.29, 0.717) is 0 Å². The predicted molar refractivity (Wildman–Crippen MR) is 47.8 cm³/mol. The van der Waals surface area contributed by atoms with Gasteiger partial charge in [0, 0.05) is 0 Å². The minimum Gasteiger partial charge on any atom is 0.316 e. The Balaban J connectivity index is -0.00000000750. The summed E-state index contributed by atoms with van der Waals surface area (Å²) in [5, 5.41) is 0. The van der Waals surface area contributed by atoms with Crippen LogP contribution < -0.4 is 0 Å². The summed E-state index contributed by atoms with van der Waals surface area (Å²) in [5.41, 5.74) is 0. The van der Waals surface area contributed by atoms with Crippen LogP contribution in [0.1, 0.15) is 0 Å². The van der Waals surface area contributed by atoms with Crippen molar-refractivity contribution in [2.45, 2.75) is 0 Å². The normalized spacial score (nSPS) is 3.00. The largest absolute Gasteiger partial charge is 0.316 e. The van der Waals surface area contributed by atoms with Gasteiger partial charge in [0.15, 0.2) is 17.4 Å². The van der Waals surface area contributed by atoms with Gasteiger partial charge in [-0.3, -0.25) is 4.46 Å². The second-order valence-electron chi connectivity index (χ2n) is 0.283. The van der Waals surface area contributed by atoms with Gasteiger partial charge >= 0.3 is 81.5 Å². The minimum atomic E-state index is -3.13. The van der Waals surface area contributed by atoms with Gasteiger partial charge in [-0.15, -0.1) is 0 Å². The molecule has 0 saturated carbocycles. The van der Waals surface area contributed by atoms with Crippen molar-refractivity contribution in [1.29, 1.82) is 0 Å². The van der Waals surface area contributed by atoms with E-state index in [0.717, 1.165) is 0 Å². The standard InChI is InChI=1S/Al.Bi.2Mg.H2O3Si.10H/c;;;;1-4(2)3;;;;;;;;;;/h;;;;1-2H;;;;;;;;;;. The van der Waals surface area contributed by atoms with E-state index in [1.165, 1.54) is 0 Å². The first kappa shape index (κ1) is 31.2. The molecule has 8 heavy (non-hydrogen) atoms. The molecule has 0 spiro atoms. The Kier molecular flexibility index (Phi) is 88.4. The molecule has 3 nitrogen and oxygen atoms in total. The number of rotatable bonds is 0. The van der Waals surface area contributed by atoms with Crippen LogP contribution in [0.5, 0.6) is 0 Å². The van der Waals surface area contributed by atoms with Gasteiger partial charge in [-0.05, 0) is 0 Å². The molecule has 0 aliphatic rings. The quantitative estimate of drug-likeness (QED) is 0.417. The maximum absolute atomic E-state index is 8.74. The van der Waals surface area contributed by atoms with Crippen molar-refractivity contribution in [3.05, 3.63) is 0 Å². The summed E-state index contributed by atoms with van der Waals surface area (Å²) in [6, 6.07) is 0. The fourth-order valence-electron chi connectivity index (χ4n) is 0. The molecule has 0 aliphatic carbocycles. The van der Waals surface area contributed by atoms with E-state index in [-0.39, 0.29) is 89.7 Å². The van der Waals surface area contributed by atoms with Crippen LogP contribution in [0.15, 0.2) is 0 Å². The van der Waals surface area contributed by atoms with Gasteiger partial charge in [0.25, 0.3) is 0 Å². The molecule has 2 N–H and O–H groups in total. The SMILES string of the molecule is O=[Si](O)O.[AlH3].[BiH3].[MgH2].[MgH2]. The third-order valence-corrected chi connectivity index (χ3v) is 0. The molecule has 0 radical (unpaired) electrons. The van der Waals surface area contributed by atoms with E-state index in [9.17, 15) is 0 Å². The molecule has 0 aromatic carbocycles. The molecule has 0 atom stereocenters. The van der Waals surface area contributed by atoms with Crippen molar-refractivity contribution in [2.24, 2.45) is 0 Å². The van der Waals surface area contributed by atoms with Gasteiger partial charge in [0.05, 0.1) is 0 Å². The first-order chi connectivity index (χ1) is 1.73. The molecular weight excluding hydrogens is 361 g/mol. The van der Waals surface area contributed by atoms with Crippen LogP contribution in [0.2, 0.25) is 0 Å². The molecule has 0 aromatic rings. The van der Waals surface area contributed by atoms with E-state index in [4.69, 9.17) is 14.1 Å². The van der Waals surface area contributed by atoms with Gasteiger partial charge in [0.2, 0.25) is 0 Å². The molecule has 0 amide bonds. The maximum Gasteiger partial charge on any atom is 0.316 e. The summed E-state index contributed by atoms with van der Waals surface area (Å²) in [6.07, 6.45) is 0. The Labute approximate surface area is 111 Å². The Morgan fingerprint density at radius 2 is 1.12 bits per heavy atom. The van der Waals surface area contributed by atoms with Gasteiger partial charge in [0.1, 0.15) is 0 Å². The first-order valence-corrected chi connectivity index (χ1v) is 1.95. The second kappa shape index (κ2) is 22.7. The fourth-order valence-corrected chi connectivity index (χ4v) is 0. The van der Waals surface area contributed by atoms with Crippen molar-refractivity contribution >= 4 is 98.8 Å². The molecule has 0 bridgehead atoms. The molecular formula is H12AlBiMg2O3Si. The van der Waals surface area contributed by atoms with Crippen LogP contribution in [0, 0.1) is 0 Å². The van der Waals surface area contributed by atoms with E-state index < -0.39 is 9.17 Å². The van der Waals surface area contributed by atoms with E-state index in [2.05, 4.69) is 0 Å². The first-order valence-electron chi connectivity index (χ1n) is 0.651. The third-order valence-electron chi connectivity index (χ3n) is 0. The Morgan fingerprint density at radius 3 is 1.12 bits per heavy atom. The average molecular weight is 373 g/mol. The Hall–Kier alpha value is 2.56. The predicted octanol–water partition coefficient (Wildman–Crippen LogP) is -5.81. The second-order valence-corrected chi connectivity index (χ2v) is 0.848. The van der Waals surface area contributed by atoms with E-state index in [1.807, 2.05) is 0 Å². The molecule has 0 fully saturated rings. The van der Waals surface area contributed by atoms with E-state index >= 15 is 0 Å². The van der Waals surface area contributed by atoms with Crippen molar-refractivity contribution in [2.75, 3.05) is 0 Å². The molecule has 0 rings (SSSR count). The van der Waals surface area contributed by atoms with Crippen LogP contribution in [-0.4, -0.2) is 108 Å². The summed E-state index contributed by atoms with van der Waals surface area (Å²) in [6.45, 7) is 0. The molecule has 0 unspecified atom stereocenters. The number of hydrogen-bond acceptors (Lipinski definition) is 1.